The van der Waals surface area contributed by atoms with Crippen LogP contribution in [0.15, 0.2) is 91.5 Å². The van der Waals surface area contributed by atoms with Gasteiger partial charge in [0.1, 0.15) is 12.2 Å². The Kier molecular flexibility index (Phi) is 10.0. The van der Waals surface area contributed by atoms with Gasteiger partial charge in [-0.2, -0.15) is 9.97 Å². The molecule has 2 aromatic carbocycles. The van der Waals surface area contributed by atoms with Crippen molar-refractivity contribution in [3.63, 3.8) is 0 Å². The van der Waals surface area contributed by atoms with Gasteiger partial charge in [-0.1, -0.05) is 67.6 Å². The highest BCUT2D eigenvalue weighted by Crippen LogP contribution is 2.35. The maximum atomic E-state index is 12.8. The summed E-state index contributed by atoms with van der Waals surface area (Å²) in [6.45, 7) is 3.34. The molecule has 14 heteroatoms. The summed E-state index contributed by atoms with van der Waals surface area (Å²) in [6, 6.07) is 22.3. The lowest BCUT2D eigenvalue weighted by Crippen LogP contribution is -2.42. The van der Waals surface area contributed by atoms with Crippen molar-refractivity contribution in [2.24, 2.45) is 0 Å². The van der Waals surface area contributed by atoms with Crippen LogP contribution in [0.5, 0.6) is 0 Å². The minimum atomic E-state index is -1.15. The Hall–Kier alpha value is -5.60. The number of fused-ring (bicyclic) bond motifs is 1. The molecule has 14 nitrogen and oxygen atoms in total. The van der Waals surface area contributed by atoms with E-state index in [2.05, 4.69) is 50.5 Å². The Balaban J connectivity index is 1.19. The van der Waals surface area contributed by atoms with Gasteiger partial charge >= 0.3 is 6.03 Å². The Morgan fingerprint density at radius 1 is 0.922 bits per heavy atom. The molecule has 4 heterocycles. The zero-order valence-electron chi connectivity index (χ0n) is 28.3. The molecular formula is C37H42N10O4. The van der Waals surface area contributed by atoms with Crippen LogP contribution in [0.1, 0.15) is 49.3 Å². The van der Waals surface area contributed by atoms with E-state index in [9.17, 15) is 19.8 Å². The van der Waals surface area contributed by atoms with E-state index in [1.165, 1.54) is 0 Å². The van der Waals surface area contributed by atoms with Crippen molar-refractivity contribution in [1.82, 2.24) is 35.1 Å². The fourth-order valence-corrected chi connectivity index (χ4v) is 6.99. The maximum Gasteiger partial charge on any atom is 0.319 e. The molecule has 0 radical (unpaired) electrons. The molecule has 2 fully saturated rings. The standard InChI is InChI=1S/C37H42N10O4/c1-2-30(48)43-28-19-29(33(50)32(28)49)47-22-40-31-34(39-20-27(23-9-5-3-6-10-23)24-11-7-4-8-12-24)44-36(45-35(31)47)46-18-15-26(21-46)42-37(51)41-25-13-16-38-17-14-25/h3-14,16-17,22,26-29,32-33,49-50H,2,15,18-21H2,1H3,(H,43,48)(H,39,44,45)(H2,38,41,42,51)/t26?,28-,29+,32+,33-/m0/s1. The Morgan fingerprint density at radius 3 is 2.31 bits per heavy atom. The highest BCUT2D eigenvalue weighted by atomic mass is 16.3. The maximum absolute atomic E-state index is 12.8. The first-order chi connectivity index (χ1) is 24.9. The smallest absolute Gasteiger partial charge is 0.319 e. The summed E-state index contributed by atoms with van der Waals surface area (Å²) >= 11 is 0. The predicted molar refractivity (Wildman–Crippen MR) is 193 cm³/mol. The minimum Gasteiger partial charge on any atom is -0.388 e. The normalized spacial score (nSPS) is 21.6. The molecule has 5 atom stereocenters. The fourth-order valence-electron chi connectivity index (χ4n) is 6.99. The average molecular weight is 691 g/mol. The second kappa shape index (κ2) is 15.1. The van der Waals surface area contributed by atoms with E-state index in [0.29, 0.717) is 61.1 Å². The summed E-state index contributed by atoms with van der Waals surface area (Å²) in [5.41, 5.74) is 3.95. The van der Waals surface area contributed by atoms with E-state index in [0.717, 1.165) is 11.1 Å². The van der Waals surface area contributed by atoms with E-state index in [1.807, 2.05) is 41.3 Å². The van der Waals surface area contributed by atoms with Gasteiger partial charge in [-0.15, -0.1) is 0 Å². The highest BCUT2D eigenvalue weighted by Gasteiger charge is 2.44. The molecule has 7 rings (SSSR count). The number of nitrogens with one attached hydrogen (secondary N) is 4. The number of anilines is 3. The number of aromatic nitrogens is 5. The van der Waals surface area contributed by atoms with Crippen molar-refractivity contribution < 1.29 is 19.8 Å². The number of nitrogens with zero attached hydrogens (tertiary/aromatic N) is 6. The average Bonchev–Trinajstić information content (AvgIpc) is 3.87. The van der Waals surface area contributed by atoms with Crippen molar-refractivity contribution in [3.05, 3.63) is 103 Å². The quantitative estimate of drug-likeness (QED) is 0.120. The zero-order valence-corrected chi connectivity index (χ0v) is 28.3. The third-order valence-electron chi connectivity index (χ3n) is 9.71. The third-order valence-corrected chi connectivity index (χ3v) is 9.71. The van der Waals surface area contributed by atoms with Crippen LogP contribution in [-0.2, 0) is 4.79 Å². The predicted octanol–water partition coefficient (Wildman–Crippen LogP) is 3.43. The van der Waals surface area contributed by atoms with Gasteiger partial charge < -0.3 is 40.9 Å². The first kappa shape index (κ1) is 33.9. The molecule has 3 amide bonds. The van der Waals surface area contributed by atoms with Gasteiger partial charge in [0.25, 0.3) is 0 Å². The summed E-state index contributed by atoms with van der Waals surface area (Å²) < 4.78 is 1.78. The van der Waals surface area contributed by atoms with Crippen LogP contribution in [0, 0.1) is 0 Å². The number of aliphatic hydroxyl groups is 2. The fraction of sp³-hybridized carbons (Fsp3) is 0.351. The summed E-state index contributed by atoms with van der Waals surface area (Å²) in [4.78, 5) is 45.6. The Bertz CT molecular complexity index is 1910. The number of hydrogen-bond donors (Lipinski definition) is 6. The lowest BCUT2D eigenvalue weighted by atomic mass is 9.91. The Morgan fingerprint density at radius 2 is 1.63 bits per heavy atom. The van der Waals surface area contributed by atoms with E-state index in [1.54, 1.807) is 42.3 Å². The van der Waals surface area contributed by atoms with Crippen molar-refractivity contribution in [2.45, 2.75) is 62.4 Å². The van der Waals surface area contributed by atoms with Crippen molar-refractivity contribution in [3.8, 4) is 0 Å². The van der Waals surface area contributed by atoms with Crippen molar-refractivity contribution in [2.75, 3.05) is 35.2 Å². The second-order valence-corrected chi connectivity index (χ2v) is 13.0. The number of carbonyl (C=O) groups excluding carboxylic acids is 2. The van der Waals surface area contributed by atoms with Crippen LogP contribution in [-0.4, -0.2) is 90.6 Å². The number of amides is 3. The van der Waals surface area contributed by atoms with Gasteiger partial charge in [0.05, 0.1) is 18.4 Å². The number of benzene rings is 2. The summed E-state index contributed by atoms with van der Waals surface area (Å²) in [6.07, 6.45) is 3.80. The summed E-state index contributed by atoms with van der Waals surface area (Å²) in [5.74, 6) is 0.792. The molecule has 5 aromatic rings. The minimum absolute atomic E-state index is 0.0111. The van der Waals surface area contributed by atoms with E-state index in [4.69, 9.17) is 15.0 Å². The molecule has 1 unspecified atom stereocenters. The number of imidazole rings is 1. The van der Waals surface area contributed by atoms with Crippen LogP contribution < -0.4 is 26.2 Å². The summed E-state index contributed by atoms with van der Waals surface area (Å²) in [5, 5.41) is 34.4. The number of hydrogen-bond acceptors (Lipinski definition) is 10. The molecule has 3 aromatic heterocycles. The first-order valence-electron chi connectivity index (χ1n) is 17.3. The van der Waals surface area contributed by atoms with Crippen LogP contribution >= 0.6 is 0 Å². The van der Waals surface area contributed by atoms with Gasteiger partial charge in [-0.3, -0.25) is 9.78 Å². The van der Waals surface area contributed by atoms with Gasteiger partial charge in [-0.05, 0) is 36.1 Å². The molecule has 0 spiro atoms. The largest absolute Gasteiger partial charge is 0.388 e. The molecule has 1 aliphatic heterocycles. The topological polar surface area (TPSA) is 182 Å². The van der Waals surface area contributed by atoms with Crippen LogP contribution in [0.3, 0.4) is 0 Å². The molecule has 0 bridgehead atoms. The third kappa shape index (κ3) is 7.47. The molecule has 264 valence electrons. The zero-order chi connectivity index (χ0) is 35.3. The summed E-state index contributed by atoms with van der Waals surface area (Å²) in [7, 11) is 0. The number of rotatable bonds is 11. The lowest BCUT2D eigenvalue weighted by molar-refractivity contribution is -0.122. The SMILES string of the molecule is CCC(=O)N[C@H]1C[C@@H](n2cnc3c(NCC(c4ccccc4)c4ccccc4)nc(N4CCC(NC(=O)Nc5ccncc5)C4)nc32)[C@H](O)[C@@H]1O. The van der Waals surface area contributed by atoms with Crippen molar-refractivity contribution >= 4 is 40.6 Å². The van der Waals surface area contributed by atoms with Gasteiger partial charge in [0.15, 0.2) is 17.0 Å². The molecule has 1 aliphatic carbocycles. The molecule has 1 saturated carbocycles. The number of aliphatic hydroxyl groups excluding tert-OH is 2. The lowest BCUT2D eigenvalue weighted by Gasteiger charge is -2.22. The molecule has 2 aliphatic rings. The van der Waals surface area contributed by atoms with Gasteiger partial charge in [0.2, 0.25) is 11.9 Å². The molecule has 1 saturated heterocycles. The Labute approximate surface area is 295 Å². The van der Waals surface area contributed by atoms with E-state index < -0.39 is 24.3 Å². The monoisotopic (exact) mass is 690 g/mol. The van der Waals surface area contributed by atoms with Crippen molar-refractivity contribution in [1.29, 1.82) is 0 Å². The van der Waals surface area contributed by atoms with Crippen LogP contribution in [0.2, 0.25) is 0 Å². The molecular weight excluding hydrogens is 648 g/mol. The first-order valence-corrected chi connectivity index (χ1v) is 17.3. The van der Waals surface area contributed by atoms with E-state index >= 15 is 0 Å². The van der Waals surface area contributed by atoms with Crippen LogP contribution in [0.25, 0.3) is 11.2 Å². The number of urea groups is 1. The van der Waals surface area contributed by atoms with Gasteiger partial charge in [-0.25, -0.2) is 9.78 Å². The van der Waals surface area contributed by atoms with Gasteiger partial charge in [0, 0.05) is 56.1 Å². The molecule has 6 N–H and O–H groups in total. The molecule has 51 heavy (non-hydrogen) atoms. The number of carbonyl (C=O) groups is 2. The highest BCUT2D eigenvalue weighted by molar-refractivity contribution is 5.89. The van der Waals surface area contributed by atoms with E-state index in [-0.39, 0.29) is 30.3 Å². The second-order valence-electron chi connectivity index (χ2n) is 13.0. The number of pyridine rings is 1. The van der Waals surface area contributed by atoms with Crippen LogP contribution in [0.4, 0.5) is 22.2 Å².